The van der Waals surface area contributed by atoms with Gasteiger partial charge in [-0.05, 0) is 99.1 Å². The van der Waals surface area contributed by atoms with Gasteiger partial charge >= 0.3 is 0 Å². The van der Waals surface area contributed by atoms with Crippen molar-refractivity contribution in [1.82, 2.24) is 14.9 Å². The van der Waals surface area contributed by atoms with E-state index < -0.39 is 0 Å². The number of nitrogens with one attached hydrogen (secondary N) is 2. The first kappa shape index (κ1) is 27.8. The topological polar surface area (TPSA) is 71.4 Å². The van der Waals surface area contributed by atoms with E-state index in [1.54, 1.807) is 12.3 Å². The minimum Gasteiger partial charge on any atom is -0.375 e. The first-order valence-corrected chi connectivity index (χ1v) is 13.8. The molecule has 40 heavy (non-hydrogen) atoms. The van der Waals surface area contributed by atoms with Crippen LogP contribution in [0.25, 0.3) is 5.69 Å². The summed E-state index contributed by atoms with van der Waals surface area (Å²) in [6.45, 7) is 8.53. The lowest BCUT2D eigenvalue weighted by Crippen LogP contribution is -2.29. The first-order chi connectivity index (χ1) is 19.2. The minimum atomic E-state index is -0.275. The van der Waals surface area contributed by atoms with E-state index >= 15 is 0 Å². The molecule has 1 aliphatic rings. The molecule has 5 rings (SSSR count). The lowest BCUT2D eigenvalue weighted by Gasteiger charge is -2.28. The highest BCUT2D eigenvalue weighted by Gasteiger charge is 2.42. The second-order valence-corrected chi connectivity index (χ2v) is 10.8. The van der Waals surface area contributed by atoms with Gasteiger partial charge in [0.15, 0.2) is 5.11 Å². The largest absolute Gasteiger partial charge is 0.375 e. The Hall–Kier alpha value is -3.72. The third-order valence-corrected chi connectivity index (χ3v) is 8.11. The molecular formula is C31H32ClN5O2S. The Bertz CT molecular complexity index is 1590. The van der Waals surface area contributed by atoms with Gasteiger partial charge in [0, 0.05) is 36.1 Å². The summed E-state index contributed by atoms with van der Waals surface area (Å²) in [5, 5.41) is 7.29. The number of hydrogen-bond acceptors (Lipinski definition) is 4. The number of methoxy groups -OCH3 is 1. The maximum Gasteiger partial charge on any atom is 0.250 e. The fourth-order valence-electron chi connectivity index (χ4n) is 5.46. The number of benzene rings is 2. The molecule has 9 heteroatoms. The first-order valence-electron chi connectivity index (χ1n) is 13.1. The average Bonchev–Trinajstić information content (AvgIpc) is 3.42. The van der Waals surface area contributed by atoms with Crippen LogP contribution in [0.3, 0.4) is 0 Å². The number of carbonyl (C=O) groups excluding carboxylic acids is 1. The van der Waals surface area contributed by atoms with Gasteiger partial charge in [0.1, 0.15) is 6.61 Å². The highest BCUT2D eigenvalue weighted by molar-refractivity contribution is 7.80. The van der Waals surface area contributed by atoms with Gasteiger partial charge in [0.25, 0.3) is 0 Å². The summed E-state index contributed by atoms with van der Waals surface area (Å²) >= 11 is 12.6. The van der Waals surface area contributed by atoms with Gasteiger partial charge in [-0.1, -0.05) is 29.8 Å². The molecule has 206 valence electrons. The van der Waals surface area contributed by atoms with E-state index in [1.807, 2.05) is 30.3 Å². The molecule has 0 unspecified atom stereocenters. The monoisotopic (exact) mass is 573 g/mol. The Morgan fingerprint density at radius 2 is 1.90 bits per heavy atom. The number of amides is 1. The van der Waals surface area contributed by atoms with Crippen molar-refractivity contribution in [2.45, 2.75) is 39.8 Å². The van der Waals surface area contributed by atoms with Crippen LogP contribution in [0.5, 0.6) is 0 Å². The Morgan fingerprint density at radius 1 is 1.10 bits per heavy atom. The van der Waals surface area contributed by atoms with Gasteiger partial charge in [-0.3, -0.25) is 9.78 Å². The van der Waals surface area contributed by atoms with Crippen molar-refractivity contribution in [3.8, 4) is 5.69 Å². The lowest BCUT2D eigenvalue weighted by molar-refractivity contribution is -0.119. The summed E-state index contributed by atoms with van der Waals surface area (Å²) in [5.74, 6) is -0.275. The summed E-state index contributed by atoms with van der Waals surface area (Å²) < 4.78 is 7.24. The molecule has 1 amide bonds. The van der Waals surface area contributed by atoms with E-state index in [0.717, 1.165) is 34.0 Å². The van der Waals surface area contributed by atoms with E-state index in [9.17, 15) is 4.79 Å². The zero-order chi connectivity index (χ0) is 28.6. The third kappa shape index (κ3) is 5.10. The molecular weight excluding hydrogens is 542 g/mol. The zero-order valence-corrected chi connectivity index (χ0v) is 24.7. The van der Waals surface area contributed by atoms with Crippen molar-refractivity contribution in [2.24, 2.45) is 0 Å². The van der Waals surface area contributed by atoms with Crippen LogP contribution in [0.15, 0.2) is 66.9 Å². The van der Waals surface area contributed by atoms with Crippen molar-refractivity contribution in [1.29, 1.82) is 0 Å². The van der Waals surface area contributed by atoms with Crippen LogP contribution in [0.2, 0.25) is 5.02 Å². The van der Waals surface area contributed by atoms with Crippen molar-refractivity contribution < 1.29 is 9.53 Å². The maximum absolute atomic E-state index is 12.1. The predicted molar refractivity (Wildman–Crippen MR) is 165 cm³/mol. The van der Waals surface area contributed by atoms with E-state index in [-0.39, 0.29) is 24.6 Å². The van der Waals surface area contributed by atoms with Crippen LogP contribution in [0.4, 0.5) is 11.4 Å². The molecule has 0 bridgehead atoms. The number of aryl methyl sites for hydroxylation is 2. The average molecular weight is 574 g/mol. The number of hydrogen-bond donors (Lipinski definition) is 2. The molecule has 4 aromatic rings. The Morgan fingerprint density at radius 3 is 2.60 bits per heavy atom. The summed E-state index contributed by atoms with van der Waals surface area (Å²) in [4.78, 5) is 18.9. The summed E-state index contributed by atoms with van der Waals surface area (Å²) in [5.41, 5.74) is 9.26. The molecule has 0 aliphatic carbocycles. The highest BCUT2D eigenvalue weighted by Crippen LogP contribution is 2.45. The van der Waals surface area contributed by atoms with Crippen LogP contribution in [-0.2, 0) is 9.53 Å². The van der Waals surface area contributed by atoms with E-state index in [0.29, 0.717) is 15.8 Å². The van der Waals surface area contributed by atoms with Gasteiger partial charge in [0.05, 0.1) is 28.5 Å². The van der Waals surface area contributed by atoms with E-state index in [4.69, 9.17) is 28.6 Å². The molecule has 1 saturated heterocycles. The number of pyridine rings is 1. The van der Waals surface area contributed by atoms with Gasteiger partial charge in [-0.2, -0.15) is 0 Å². The molecule has 7 nitrogen and oxygen atoms in total. The molecule has 2 N–H and O–H groups in total. The molecule has 2 aromatic heterocycles. The number of aromatic nitrogens is 2. The molecule has 3 heterocycles. The van der Waals surface area contributed by atoms with Crippen LogP contribution >= 0.6 is 23.8 Å². The second kappa shape index (κ2) is 11.4. The van der Waals surface area contributed by atoms with Gasteiger partial charge in [-0.25, -0.2) is 0 Å². The van der Waals surface area contributed by atoms with Gasteiger partial charge < -0.3 is 24.8 Å². The Labute approximate surface area is 245 Å². The van der Waals surface area contributed by atoms with Crippen molar-refractivity contribution >= 4 is 46.2 Å². The fraction of sp³-hybridized carbons (Fsp3) is 0.258. The van der Waals surface area contributed by atoms with Crippen molar-refractivity contribution in [3.05, 3.63) is 106 Å². The van der Waals surface area contributed by atoms with Crippen LogP contribution in [0.1, 0.15) is 45.9 Å². The van der Waals surface area contributed by atoms with Crippen molar-refractivity contribution in [2.75, 3.05) is 23.9 Å². The predicted octanol–water partition coefficient (Wildman–Crippen LogP) is 6.52. The quantitative estimate of drug-likeness (QED) is 0.245. The maximum atomic E-state index is 12.1. The van der Waals surface area contributed by atoms with Crippen LogP contribution in [0, 0.1) is 27.7 Å². The third-order valence-electron chi connectivity index (χ3n) is 7.48. The molecule has 2 aromatic carbocycles. The number of nitrogens with zero attached hydrogens (tertiary/aromatic N) is 3. The molecule has 2 atom stereocenters. The summed E-state index contributed by atoms with van der Waals surface area (Å²) in [6.07, 6.45) is 1.80. The summed E-state index contributed by atoms with van der Waals surface area (Å²) in [6, 6.07) is 19.7. The van der Waals surface area contributed by atoms with Gasteiger partial charge in [-0.15, -0.1) is 0 Å². The normalized spacial score (nSPS) is 16.8. The molecule has 0 saturated carbocycles. The van der Waals surface area contributed by atoms with Crippen molar-refractivity contribution in [3.63, 3.8) is 0 Å². The minimum absolute atomic E-state index is 0.0535. The number of anilines is 2. The Balaban J connectivity index is 1.63. The second-order valence-electron chi connectivity index (χ2n) is 10.0. The number of rotatable bonds is 7. The smallest absolute Gasteiger partial charge is 0.250 e. The number of thiocarbonyl (C=S) groups is 1. The molecule has 0 radical (unpaired) electrons. The standard InChI is InChI=1S/C31H32ClN5O2S/c1-18-9-8-11-27(20(18)3)36-19(2)15-23(21(36)4)30-29(26-10-6-7-14-33-26)35-31(40)37(30)22-12-13-25(24(32)16-22)34-28(38)17-39-5/h6-16,29-30H,17H2,1-5H3,(H,34,38)(H,35,40)/t29-,30-/m0/s1. The number of ether oxygens (including phenoxy) is 1. The number of carbonyl (C=O) groups is 1. The summed E-state index contributed by atoms with van der Waals surface area (Å²) in [7, 11) is 1.47. The highest BCUT2D eigenvalue weighted by atomic mass is 35.5. The van der Waals surface area contributed by atoms with E-state index in [1.165, 1.54) is 18.2 Å². The fourth-order valence-corrected chi connectivity index (χ4v) is 6.03. The van der Waals surface area contributed by atoms with E-state index in [2.05, 4.69) is 77.0 Å². The molecule has 1 fully saturated rings. The van der Waals surface area contributed by atoms with Gasteiger partial charge in [0.2, 0.25) is 5.91 Å². The zero-order valence-electron chi connectivity index (χ0n) is 23.2. The Kier molecular flexibility index (Phi) is 7.94. The SMILES string of the molecule is COCC(=O)Nc1ccc(N2C(=S)N[C@@H](c3ccccn3)[C@@H]2c2cc(C)n(-c3cccc(C)c3C)c2C)cc1Cl. The number of halogens is 1. The van der Waals surface area contributed by atoms with Crippen LogP contribution < -0.4 is 15.5 Å². The lowest BCUT2D eigenvalue weighted by atomic mass is 9.96. The molecule has 0 spiro atoms. The van der Waals surface area contributed by atoms with Crippen LogP contribution in [-0.4, -0.2) is 34.3 Å². The molecule has 1 aliphatic heterocycles.